The summed E-state index contributed by atoms with van der Waals surface area (Å²) < 4.78 is 50.2. The molecule has 0 amide bonds. The number of nitrogens with one attached hydrogen (secondary N) is 2. The number of anilines is 1. The molecule has 0 atom stereocenters. The number of hydrogen-bond acceptors (Lipinski definition) is 4. The fraction of sp³-hybridized carbons (Fsp3) is 0.190. The lowest BCUT2D eigenvalue weighted by atomic mass is 10.2. The van der Waals surface area contributed by atoms with Crippen LogP contribution in [-0.4, -0.2) is 29.6 Å². The van der Waals surface area contributed by atoms with Gasteiger partial charge in [-0.3, -0.25) is 4.72 Å². The number of halogens is 3. The molecule has 0 unspecified atom stereocenters. The normalized spacial score (nSPS) is 11.8. The number of H-pyrrole nitrogens is 1. The number of nitrogens with zero attached hydrogens (tertiary/aromatic N) is 2. The quantitative estimate of drug-likeness (QED) is 0.329. The zero-order valence-electron chi connectivity index (χ0n) is 16.9. The van der Waals surface area contributed by atoms with E-state index in [1.807, 2.05) is 11.6 Å². The van der Waals surface area contributed by atoms with E-state index in [1.165, 1.54) is 30.5 Å². The van der Waals surface area contributed by atoms with Gasteiger partial charge in [0.05, 0.1) is 34.2 Å². The van der Waals surface area contributed by atoms with Gasteiger partial charge in [0, 0.05) is 36.6 Å². The Hall–Kier alpha value is -2.75. The number of fused-ring (bicyclic) bond motifs is 1. The molecule has 0 bridgehead atoms. The second-order valence-corrected chi connectivity index (χ2v) is 9.59. The van der Waals surface area contributed by atoms with Crippen molar-refractivity contribution in [3.8, 4) is 5.75 Å². The lowest BCUT2D eigenvalue weighted by molar-refractivity contribution is 0.308. The van der Waals surface area contributed by atoms with Crippen LogP contribution < -0.4 is 9.46 Å². The molecule has 0 saturated carbocycles. The second-order valence-electron chi connectivity index (χ2n) is 7.13. The number of benzene rings is 2. The van der Waals surface area contributed by atoms with Crippen LogP contribution in [0.4, 0.5) is 10.1 Å². The van der Waals surface area contributed by atoms with Crippen molar-refractivity contribution < 1.29 is 17.5 Å². The Morgan fingerprint density at radius 3 is 2.75 bits per heavy atom. The van der Waals surface area contributed by atoms with E-state index in [1.54, 1.807) is 12.5 Å². The zero-order valence-corrected chi connectivity index (χ0v) is 19.2. The first-order chi connectivity index (χ1) is 15.3. The predicted molar refractivity (Wildman–Crippen MR) is 123 cm³/mol. The van der Waals surface area contributed by atoms with E-state index < -0.39 is 20.7 Å². The molecule has 0 aliphatic heterocycles. The van der Waals surface area contributed by atoms with Gasteiger partial charge in [-0.1, -0.05) is 23.2 Å². The SMILES string of the molecule is Cn1cncc1CCCOc1ccc(S(=O)(=O)Nc2ccc(Cl)c3c(Cl)c[nH]c23)c(F)c1. The third-order valence-corrected chi connectivity index (χ3v) is 6.95. The highest BCUT2D eigenvalue weighted by Gasteiger charge is 2.22. The zero-order chi connectivity index (χ0) is 22.9. The molecule has 0 fully saturated rings. The van der Waals surface area contributed by atoms with Crippen LogP contribution in [-0.2, 0) is 23.5 Å². The molecule has 0 saturated heterocycles. The Balaban J connectivity index is 1.46. The van der Waals surface area contributed by atoms with Crippen molar-refractivity contribution in [1.29, 1.82) is 0 Å². The van der Waals surface area contributed by atoms with Crippen LogP contribution in [0.5, 0.6) is 5.75 Å². The lowest BCUT2D eigenvalue weighted by Gasteiger charge is -2.12. The van der Waals surface area contributed by atoms with E-state index in [0.29, 0.717) is 34.0 Å². The molecule has 4 aromatic rings. The van der Waals surface area contributed by atoms with Crippen LogP contribution in [0.15, 0.2) is 53.9 Å². The first-order valence-corrected chi connectivity index (χ1v) is 11.9. The molecule has 11 heteroatoms. The molecule has 0 spiro atoms. The molecule has 2 N–H and O–H groups in total. The van der Waals surface area contributed by atoms with Gasteiger partial charge in [0.1, 0.15) is 16.5 Å². The summed E-state index contributed by atoms with van der Waals surface area (Å²) in [6, 6.07) is 6.64. The summed E-state index contributed by atoms with van der Waals surface area (Å²) >= 11 is 12.2. The van der Waals surface area contributed by atoms with E-state index in [-0.39, 0.29) is 11.4 Å². The minimum absolute atomic E-state index is 0.200. The Morgan fingerprint density at radius 1 is 1.22 bits per heavy atom. The standard InChI is InChI=1S/C21H19Cl2FN4O3S/c1-28-12-25-10-13(28)3-2-8-31-14-4-7-19(17(24)9-14)32(29,30)27-18-6-5-15(22)20-16(23)11-26-21(18)20/h4-7,9-12,26-27H,2-3,8H2,1H3. The first-order valence-electron chi connectivity index (χ1n) is 9.62. The maximum Gasteiger partial charge on any atom is 0.264 e. The van der Waals surface area contributed by atoms with Crippen LogP contribution >= 0.6 is 23.2 Å². The van der Waals surface area contributed by atoms with Gasteiger partial charge < -0.3 is 14.3 Å². The van der Waals surface area contributed by atoms with Gasteiger partial charge in [-0.05, 0) is 37.1 Å². The van der Waals surface area contributed by atoms with Crippen LogP contribution in [0, 0.1) is 5.82 Å². The number of sulfonamides is 1. The highest BCUT2D eigenvalue weighted by Crippen LogP contribution is 2.35. The molecule has 0 aliphatic carbocycles. The molecular formula is C21H19Cl2FN4O3S. The maximum absolute atomic E-state index is 14.7. The van der Waals surface area contributed by atoms with Gasteiger partial charge in [-0.15, -0.1) is 0 Å². The number of aryl methyl sites for hydroxylation is 2. The van der Waals surface area contributed by atoms with Gasteiger partial charge >= 0.3 is 0 Å². The largest absolute Gasteiger partial charge is 0.493 e. The van der Waals surface area contributed by atoms with Gasteiger partial charge in [0.15, 0.2) is 0 Å². The molecule has 168 valence electrons. The van der Waals surface area contributed by atoms with Crippen LogP contribution in [0.25, 0.3) is 10.9 Å². The number of hydrogen-bond donors (Lipinski definition) is 2. The first kappa shape index (κ1) is 22.4. The Kier molecular flexibility index (Phi) is 6.32. The second kappa shape index (κ2) is 9.01. The highest BCUT2D eigenvalue weighted by molar-refractivity contribution is 7.92. The molecule has 2 aromatic carbocycles. The minimum atomic E-state index is -4.21. The van der Waals surface area contributed by atoms with E-state index in [4.69, 9.17) is 27.9 Å². The summed E-state index contributed by atoms with van der Waals surface area (Å²) in [5.74, 6) is -0.673. The smallest absolute Gasteiger partial charge is 0.264 e. The topological polar surface area (TPSA) is 89.0 Å². The minimum Gasteiger partial charge on any atom is -0.493 e. The number of aromatic nitrogens is 3. The summed E-state index contributed by atoms with van der Waals surface area (Å²) in [5.41, 5.74) is 1.66. The maximum atomic E-state index is 14.7. The Morgan fingerprint density at radius 2 is 2.03 bits per heavy atom. The molecule has 0 radical (unpaired) electrons. The van der Waals surface area contributed by atoms with Gasteiger partial charge in [-0.25, -0.2) is 17.8 Å². The van der Waals surface area contributed by atoms with Crippen molar-refractivity contribution in [1.82, 2.24) is 14.5 Å². The highest BCUT2D eigenvalue weighted by atomic mass is 35.5. The molecule has 2 aromatic heterocycles. The lowest BCUT2D eigenvalue weighted by Crippen LogP contribution is -2.15. The van der Waals surface area contributed by atoms with E-state index in [2.05, 4.69) is 14.7 Å². The van der Waals surface area contributed by atoms with Gasteiger partial charge in [0.25, 0.3) is 10.0 Å². The van der Waals surface area contributed by atoms with Crippen molar-refractivity contribution in [3.63, 3.8) is 0 Å². The molecule has 2 heterocycles. The van der Waals surface area contributed by atoms with E-state index >= 15 is 0 Å². The fourth-order valence-corrected chi connectivity index (χ4v) is 5.00. The summed E-state index contributed by atoms with van der Waals surface area (Å²) in [5, 5.41) is 1.19. The summed E-state index contributed by atoms with van der Waals surface area (Å²) in [4.78, 5) is 6.42. The molecular weight excluding hydrogens is 478 g/mol. The van der Waals surface area contributed by atoms with Crippen molar-refractivity contribution in [2.24, 2.45) is 7.05 Å². The third-order valence-electron chi connectivity index (χ3n) is 4.94. The van der Waals surface area contributed by atoms with Crippen molar-refractivity contribution in [2.45, 2.75) is 17.7 Å². The van der Waals surface area contributed by atoms with Crippen LogP contribution in [0.1, 0.15) is 12.1 Å². The number of rotatable bonds is 8. The van der Waals surface area contributed by atoms with Crippen molar-refractivity contribution in [2.75, 3.05) is 11.3 Å². The molecule has 0 aliphatic rings. The molecule has 4 rings (SSSR count). The van der Waals surface area contributed by atoms with Crippen molar-refractivity contribution in [3.05, 3.63) is 70.6 Å². The summed E-state index contributed by atoms with van der Waals surface area (Å²) in [6.07, 6.45) is 6.46. The van der Waals surface area contributed by atoms with E-state index in [0.717, 1.165) is 18.2 Å². The van der Waals surface area contributed by atoms with Crippen LogP contribution in [0.3, 0.4) is 0 Å². The van der Waals surface area contributed by atoms with E-state index in [9.17, 15) is 12.8 Å². The number of ether oxygens (including phenoxy) is 1. The van der Waals surface area contributed by atoms with Crippen molar-refractivity contribution >= 4 is 49.8 Å². The third kappa shape index (κ3) is 4.55. The Bertz CT molecular complexity index is 1390. The average molecular weight is 497 g/mol. The van der Waals surface area contributed by atoms with Gasteiger partial charge in [0.2, 0.25) is 0 Å². The number of aromatic amines is 1. The number of imidazole rings is 1. The molecule has 32 heavy (non-hydrogen) atoms. The fourth-order valence-electron chi connectivity index (χ4n) is 3.31. The molecule has 7 nitrogen and oxygen atoms in total. The average Bonchev–Trinajstić information content (AvgIpc) is 3.33. The van der Waals surface area contributed by atoms with Gasteiger partial charge in [-0.2, -0.15) is 0 Å². The predicted octanol–water partition coefficient (Wildman–Crippen LogP) is 5.16. The van der Waals surface area contributed by atoms with Crippen LogP contribution in [0.2, 0.25) is 10.0 Å². The summed E-state index contributed by atoms with van der Waals surface area (Å²) in [6.45, 7) is 0.352. The monoisotopic (exact) mass is 496 g/mol. The summed E-state index contributed by atoms with van der Waals surface area (Å²) in [7, 11) is -2.30. The Labute approximate surface area is 194 Å².